The van der Waals surface area contributed by atoms with Gasteiger partial charge in [-0.1, -0.05) is 18.2 Å². The largest absolute Gasteiger partial charge is 0.467 e. The van der Waals surface area contributed by atoms with Gasteiger partial charge >= 0.3 is 0 Å². The van der Waals surface area contributed by atoms with Crippen LogP contribution in [0.2, 0.25) is 0 Å². The van der Waals surface area contributed by atoms with E-state index < -0.39 is 11.7 Å². The van der Waals surface area contributed by atoms with Crippen LogP contribution in [0.1, 0.15) is 34.5 Å². The van der Waals surface area contributed by atoms with Gasteiger partial charge in [0.15, 0.2) is 11.5 Å². The van der Waals surface area contributed by atoms with Gasteiger partial charge in [-0.2, -0.15) is 0 Å². The van der Waals surface area contributed by atoms with Crippen LogP contribution >= 0.6 is 0 Å². The van der Waals surface area contributed by atoms with Crippen LogP contribution in [-0.4, -0.2) is 54.2 Å². The van der Waals surface area contributed by atoms with E-state index in [1.54, 1.807) is 35.4 Å². The molecule has 0 N–H and O–H groups in total. The standard InChI is InChI=1S/C27H27FN2O6/c28-23-8-2-1-7-22(23)27(32)30(16-21-6-4-12-34-21)17-26(31)29(15-20-5-3-11-33-20)14-19-9-10-24-25(13-19)36-18-35-24/h1-3,5,7-11,13,21H,4,6,12,14-18H2. The molecule has 1 unspecified atom stereocenters. The fraction of sp³-hybridized carbons (Fsp3) is 0.333. The number of amides is 2. The first-order valence-corrected chi connectivity index (χ1v) is 11.9. The van der Waals surface area contributed by atoms with Crippen molar-refractivity contribution < 1.29 is 32.6 Å². The van der Waals surface area contributed by atoms with E-state index >= 15 is 0 Å². The summed E-state index contributed by atoms with van der Waals surface area (Å²) in [6, 6.07) is 14.8. The minimum atomic E-state index is -0.625. The normalized spacial score (nSPS) is 16.2. The van der Waals surface area contributed by atoms with Crippen LogP contribution < -0.4 is 9.47 Å². The summed E-state index contributed by atoms with van der Waals surface area (Å²) in [5.74, 6) is 0.411. The molecule has 1 fully saturated rings. The average molecular weight is 495 g/mol. The molecular formula is C27H27FN2O6. The number of hydrogen-bond acceptors (Lipinski definition) is 6. The zero-order chi connectivity index (χ0) is 24.9. The molecule has 1 aromatic heterocycles. The third-order valence-electron chi connectivity index (χ3n) is 6.26. The molecule has 2 amide bonds. The Morgan fingerprint density at radius 2 is 1.83 bits per heavy atom. The monoisotopic (exact) mass is 494 g/mol. The highest BCUT2D eigenvalue weighted by atomic mass is 19.1. The molecule has 2 aliphatic heterocycles. The Kier molecular flexibility index (Phi) is 7.18. The maximum absolute atomic E-state index is 14.5. The summed E-state index contributed by atoms with van der Waals surface area (Å²) in [6.45, 7) is 1.22. The van der Waals surface area contributed by atoms with Crippen molar-refractivity contribution in [1.29, 1.82) is 0 Å². The number of furan rings is 1. The topological polar surface area (TPSA) is 81.5 Å². The third-order valence-corrected chi connectivity index (χ3v) is 6.26. The number of benzene rings is 2. The van der Waals surface area contributed by atoms with Crippen molar-refractivity contribution in [2.75, 3.05) is 26.5 Å². The highest BCUT2D eigenvalue weighted by Gasteiger charge is 2.29. The highest BCUT2D eigenvalue weighted by molar-refractivity contribution is 5.96. The number of carbonyl (C=O) groups is 2. The fourth-order valence-corrected chi connectivity index (χ4v) is 4.40. The van der Waals surface area contributed by atoms with Gasteiger partial charge in [0.2, 0.25) is 12.7 Å². The molecule has 3 aromatic rings. The molecule has 0 spiro atoms. The van der Waals surface area contributed by atoms with Gasteiger partial charge in [-0.05, 0) is 54.8 Å². The van der Waals surface area contributed by atoms with Crippen molar-refractivity contribution >= 4 is 11.8 Å². The SMILES string of the molecule is O=C(CN(CC1CCCO1)C(=O)c1ccccc1F)N(Cc1ccc2c(c1)OCO2)Cc1ccco1. The second-order valence-electron chi connectivity index (χ2n) is 8.82. The summed E-state index contributed by atoms with van der Waals surface area (Å²) in [5.41, 5.74) is 0.766. The van der Waals surface area contributed by atoms with Gasteiger partial charge in [0.25, 0.3) is 5.91 Å². The van der Waals surface area contributed by atoms with Crippen LogP contribution in [0.3, 0.4) is 0 Å². The molecule has 1 saturated heterocycles. The van der Waals surface area contributed by atoms with E-state index in [4.69, 9.17) is 18.6 Å². The van der Waals surface area contributed by atoms with Gasteiger partial charge in [-0.3, -0.25) is 9.59 Å². The highest BCUT2D eigenvalue weighted by Crippen LogP contribution is 2.33. The molecule has 3 heterocycles. The van der Waals surface area contributed by atoms with Crippen molar-refractivity contribution in [3.63, 3.8) is 0 Å². The summed E-state index contributed by atoms with van der Waals surface area (Å²) in [7, 11) is 0. The lowest BCUT2D eigenvalue weighted by atomic mass is 10.1. The van der Waals surface area contributed by atoms with Crippen molar-refractivity contribution in [2.45, 2.75) is 32.0 Å². The smallest absolute Gasteiger partial charge is 0.257 e. The predicted octanol–water partition coefficient (Wildman–Crippen LogP) is 4.00. The first-order chi connectivity index (χ1) is 17.6. The minimum Gasteiger partial charge on any atom is -0.467 e. The Bertz CT molecular complexity index is 1210. The molecule has 188 valence electrons. The molecule has 1 atom stereocenters. The molecule has 2 aliphatic rings. The van der Waals surface area contributed by atoms with E-state index in [1.807, 2.05) is 12.1 Å². The van der Waals surface area contributed by atoms with Crippen LogP contribution in [-0.2, 0) is 22.6 Å². The van der Waals surface area contributed by atoms with E-state index in [1.165, 1.54) is 23.1 Å². The molecule has 5 rings (SSSR count). The quantitative estimate of drug-likeness (QED) is 0.447. The lowest BCUT2D eigenvalue weighted by molar-refractivity contribution is -0.133. The van der Waals surface area contributed by atoms with Crippen LogP contribution in [0.25, 0.3) is 0 Å². The maximum Gasteiger partial charge on any atom is 0.257 e. The number of ether oxygens (including phenoxy) is 3. The second kappa shape index (κ2) is 10.8. The maximum atomic E-state index is 14.5. The second-order valence-corrected chi connectivity index (χ2v) is 8.82. The summed E-state index contributed by atoms with van der Waals surface area (Å²) in [6.07, 6.45) is 3.02. The first kappa shape index (κ1) is 23.9. The number of carbonyl (C=O) groups excluding carboxylic acids is 2. The fourth-order valence-electron chi connectivity index (χ4n) is 4.40. The summed E-state index contributed by atoms with van der Waals surface area (Å²) < 4.78 is 36.5. The number of rotatable bonds is 9. The molecule has 0 radical (unpaired) electrons. The third kappa shape index (κ3) is 5.52. The Morgan fingerprint density at radius 1 is 0.972 bits per heavy atom. The van der Waals surface area contributed by atoms with Crippen molar-refractivity contribution in [3.05, 3.63) is 83.6 Å². The van der Waals surface area contributed by atoms with Gasteiger partial charge in [0.1, 0.15) is 18.1 Å². The Morgan fingerprint density at radius 3 is 2.61 bits per heavy atom. The number of hydrogen-bond donors (Lipinski definition) is 0. The molecule has 36 heavy (non-hydrogen) atoms. The van der Waals surface area contributed by atoms with Gasteiger partial charge in [-0.15, -0.1) is 0 Å². The van der Waals surface area contributed by atoms with Crippen molar-refractivity contribution in [3.8, 4) is 11.5 Å². The Hall–Kier alpha value is -3.85. The summed E-state index contributed by atoms with van der Waals surface area (Å²) >= 11 is 0. The van der Waals surface area contributed by atoms with Crippen LogP contribution in [0.15, 0.2) is 65.3 Å². The molecule has 0 saturated carbocycles. The minimum absolute atomic E-state index is 0.0725. The van der Waals surface area contributed by atoms with E-state index in [2.05, 4.69) is 0 Å². The van der Waals surface area contributed by atoms with Gasteiger partial charge < -0.3 is 28.4 Å². The lowest BCUT2D eigenvalue weighted by Gasteiger charge is -2.29. The van der Waals surface area contributed by atoms with E-state index in [-0.39, 0.29) is 50.5 Å². The average Bonchev–Trinajstić information content (AvgIpc) is 3.66. The molecule has 0 bridgehead atoms. The van der Waals surface area contributed by atoms with Gasteiger partial charge in [0.05, 0.1) is 24.5 Å². The van der Waals surface area contributed by atoms with Gasteiger partial charge in [-0.25, -0.2) is 4.39 Å². The molecule has 8 nitrogen and oxygen atoms in total. The van der Waals surface area contributed by atoms with Crippen LogP contribution in [0, 0.1) is 5.82 Å². The van der Waals surface area contributed by atoms with Crippen LogP contribution in [0.5, 0.6) is 11.5 Å². The molecule has 2 aromatic carbocycles. The lowest BCUT2D eigenvalue weighted by Crippen LogP contribution is -2.45. The van der Waals surface area contributed by atoms with E-state index in [0.29, 0.717) is 23.9 Å². The summed E-state index contributed by atoms with van der Waals surface area (Å²) in [5, 5.41) is 0. The molecule has 9 heteroatoms. The van der Waals surface area contributed by atoms with Crippen molar-refractivity contribution in [2.24, 2.45) is 0 Å². The molecular weight excluding hydrogens is 467 g/mol. The zero-order valence-corrected chi connectivity index (χ0v) is 19.7. The predicted molar refractivity (Wildman–Crippen MR) is 127 cm³/mol. The Labute approximate surface area is 208 Å². The summed E-state index contributed by atoms with van der Waals surface area (Å²) in [4.78, 5) is 29.9. The number of fused-ring (bicyclic) bond motifs is 1. The van der Waals surface area contributed by atoms with E-state index in [9.17, 15) is 14.0 Å². The Balaban J connectivity index is 1.37. The first-order valence-electron chi connectivity index (χ1n) is 11.9. The number of halogens is 1. The van der Waals surface area contributed by atoms with Gasteiger partial charge in [0, 0.05) is 19.7 Å². The van der Waals surface area contributed by atoms with E-state index in [0.717, 1.165) is 18.4 Å². The zero-order valence-electron chi connectivity index (χ0n) is 19.7. The number of nitrogens with zero attached hydrogens (tertiary/aromatic N) is 2. The van der Waals surface area contributed by atoms with Crippen molar-refractivity contribution in [1.82, 2.24) is 9.80 Å². The molecule has 0 aliphatic carbocycles. The van der Waals surface area contributed by atoms with Crippen LogP contribution in [0.4, 0.5) is 4.39 Å².